The van der Waals surface area contributed by atoms with Crippen molar-refractivity contribution in [1.29, 1.82) is 0 Å². The van der Waals surface area contributed by atoms with Crippen LogP contribution in [0.2, 0.25) is 0 Å². The van der Waals surface area contributed by atoms with Gasteiger partial charge in [0.05, 0.1) is 21.3 Å². The van der Waals surface area contributed by atoms with Gasteiger partial charge in [0.2, 0.25) is 0 Å². The van der Waals surface area contributed by atoms with Crippen molar-refractivity contribution in [3.05, 3.63) is 53.6 Å². The quantitative estimate of drug-likeness (QED) is 0.690. The third-order valence-corrected chi connectivity index (χ3v) is 4.42. The standard InChI is InChI=1S/C21H24N2O3/c1-14-13-19(22-12-11-15-7-5-6-8-16(15)24-2)23-21-18(26-4)10-9-17(25-3)20(14)21/h5-10,13H,11-12H2,1-4H3,(H,22,23). The van der Waals surface area contributed by atoms with Gasteiger partial charge in [-0.2, -0.15) is 0 Å². The maximum Gasteiger partial charge on any atom is 0.145 e. The Hall–Kier alpha value is -2.95. The number of para-hydroxylation sites is 1. The van der Waals surface area contributed by atoms with Crippen LogP contribution < -0.4 is 19.5 Å². The minimum atomic E-state index is 0.734. The highest BCUT2D eigenvalue weighted by Gasteiger charge is 2.13. The number of pyridine rings is 1. The third-order valence-electron chi connectivity index (χ3n) is 4.42. The smallest absolute Gasteiger partial charge is 0.145 e. The molecular formula is C21H24N2O3. The number of hydrogen-bond acceptors (Lipinski definition) is 5. The molecule has 1 aromatic heterocycles. The van der Waals surface area contributed by atoms with Crippen LogP contribution >= 0.6 is 0 Å². The molecule has 0 unspecified atom stereocenters. The summed E-state index contributed by atoms with van der Waals surface area (Å²) in [5.41, 5.74) is 3.05. The molecule has 3 rings (SSSR count). The summed E-state index contributed by atoms with van der Waals surface area (Å²) in [6.07, 6.45) is 0.845. The lowest BCUT2D eigenvalue weighted by atomic mass is 10.1. The Bertz CT molecular complexity index is 909. The number of nitrogens with one attached hydrogen (secondary N) is 1. The lowest BCUT2D eigenvalue weighted by Gasteiger charge is -2.14. The van der Waals surface area contributed by atoms with Crippen molar-refractivity contribution in [1.82, 2.24) is 4.98 Å². The molecule has 136 valence electrons. The van der Waals surface area contributed by atoms with E-state index >= 15 is 0 Å². The summed E-state index contributed by atoms with van der Waals surface area (Å²) in [6.45, 7) is 2.81. The highest BCUT2D eigenvalue weighted by molar-refractivity contribution is 5.94. The first-order valence-electron chi connectivity index (χ1n) is 8.56. The summed E-state index contributed by atoms with van der Waals surface area (Å²) in [6, 6.07) is 13.9. The number of rotatable bonds is 7. The molecule has 0 atom stereocenters. The van der Waals surface area contributed by atoms with E-state index in [1.54, 1.807) is 21.3 Å². The minimum absolute atomic E-state index is 0.734. The summed E-state index contributed by atoms with van der Waals surface area (Å²) in [5, 5.41) is 4.38. The summed E-state index contributed by atoms with van der Waals surface area (Å²) >= 11 is 0. The molecule has 0 saturated heterocycles. The molecule has 1 N–H and O–H groups in total. The number of anilines is 1. The summed E-state index contributed by atoms with van der Waals surface area (Å²) in [7, 11) is 5.01. The fourth-order valence-electron chi connectivity index (χ4n) is 3.14. The maximum absolute atomic E-state index is 5.48. The Morgan fingerprint density at radius 3 is 2.31 bits per heavy atom. The minimum Gasteiger partial charge on any atom is -0.496 e. The van der Waals surface area contributed by atoms with Crippen LogP contribution in [-0.2, 0) is 6.42 Å². The number of methoxy groups -OCH3 is 3. The zero-order valence-corrected chi connectivity index (χ0v) is 15.6. The molecular weight excluding hydrogens is 328 g/mol. The number of fused-ring (bicyclic) bond motifs is 1. The number of hydrogen-bond donors (Lipinski definition) is 1. The van der Waals surface area contributed by atoms with Gasteiger partial charge in [-0.3, -0.25) is 0 Å². The van der Waals surface area contributed by atoms with Crippen molar-refractivity contribution >= 4 is 16.7 Å². The average molecular weight is 352 g/mol. The van der Waals surface area contributed by atoms with E-state index in [2.05, 4.69) is 18.3 Å². The van der Waals surface area contributed by atoms with E-state index < -0.39 is 0 Å². The second kappa shape index (κ2) is 7.95. The van der Waals surface area contributed by atoms with E-state index in [0.717, 1.165) is 52.5 Å². The van der Waals surface area contributed by atoms with Crippen LogP contribution in [0, 0.1) is 6.92 Å². The van der Waals surface area contributed by atoms with Gasteiger partial charge >= 0.3 is 0 Å². The number of aromatic nitrogens is 1. The first kappa shape index (κ1) is 17.9. The van der Waals surface area contributed by atoms with Crippen molar-refractivity contribution in [2.75, 3.05) is 33.2 Å². The summed E-state index contributed by atoms with van der Waals surface area (Å²) in [5.74, 6) is 3.25. The zero-order chi connectivity index (χ0) is 18.5. The molecule has 0 aliphatic heterocycles. The lowest BCUT2D eigenvalue weighted by Crippen LogP contribution is -2.08. The zero-order valence-electron chi connectivity index (χ0n) is 15.6. The second-order valence-corrected chi connectivity index (χ2v) is 6.01. The van der Waals surface area contributed by atoms with E-state index in [0.29, 0.717) is 0 Å². The van der Waals surface area contributed by atoms with Gasteiger partial charge in [-0.25, -0.2) is 4.98 Å². The first-order valence-corrected chi connectivity index (χ1v) is 8.56. The van der Waals surface area contributed by atoms with E-state index in [9.17, 15) is 0 Å². The van der Waals surface area contributed by atoms with Gasteiger partial charge in [-0.05, 0) is 48.7 Å². The summed E-state index contributed by atoms with van der Waals surface area (Å²) < 4.78 is 16.4. The van der Waals surface area contributed by atoms with Crippen molar-refractivity contribution < 1.29 is 14.2 Å². The van der Waals surface area contributed by atoms with Gasteiger partial charge in [0.1, 0.15) is 28.6 Å². The van der Waals surface area contributed by atoms with Crippen molar-refractivity contribution in [2.24, 2.45) is 0 Å². The number of benzene rings is 2. The largest absolute Gasteiger partial charge is 0.496 e. The molecule has 2 aromatic carbocycles. The Morgan fingerprint density at radius 1 is 0.885 bits per heavy atom. The molecule has 5 heteroatoms. The Morgan fingerprint density at radius 2 is 1.58 bits per heavy atom. The Kier molecular flexibility index (Phi) is 5.46. The van der Waals surface area contributed by atoms with Crippen LogP contribution in [0.4, 0.5) is 5.82 Å². The van der Waals surface area contributed by atoms with Gasteiger partial charge in [0.25, 0.3) is 0 Å². The van der Waals surface area contributed by atoms with Gasteiger partial charge in [-0.15, -0.1) is 0 Å². The molecule has 0 aliphatic rings. The molecule has 0 spiro atoms. The monoisotopic (exact) mass is 352 g/mol. The highest BCUT2D eigenvalue weighted by atomic mass is 16.5. The van der Waals surface area contributed by atoms with Gasteiger partial charge < -0.3 is 19.5 Å². The van der Waals surface area contributed by atoms with Crippen LogP contribution in [0.3, 0.4) is 0 Å². The van der Waals surface area contributed by atoms with E-state index in [1.807, 2.05) is 36.4 Å². The van der Waals surface area contributed by atoms with Crippen LogP contribution in [0.25, 0.3) is 10.9 Å². The maximum atomic E-state index is 5.48. The molecule has 0 amide bonds. The number of ether oxygens (including phenoxy) is 3. The highest BCUT2D eigenvalue weighted by Crippen LogP contribution is 2.35. The number of aryl methyl sites for hydroxylation is 1. The fourth-order valence-corrected chi connectivity index (χ4v) is 3.14. The summed E-state index contributed by atoms with van der Waals surface area (Å²) in [4.78, 5) is 4.74. The first-order chi connectivity index (χ1) is 12.7. The Labute approximate surface area is 153 Å². The molecule has 0 aliphatic carbocycles. The van der Waals surface area contributed by atoms with Crippen LogP contribution in [-0.4, -0.2) is 32.9 Å². The van der Waals surface area contributed by atoms with Crippen LogP contribution in [0.15, 0.2) is 42.5 Å². The topological polar surface area (TPSA) is 52.6 Å². The van der Waals surface area contributed by atoms with Crippen molar-refractivity contribution in [3.8, 4) is 17.2 Å². The van der Waals surface area contributed by atoms with Crippen LogP contribution in [0.5, 0.6) is 17.2 Å². The van der Waals surface area contributed by atoms with E-state index in [4.69, 9.17) is 19.2 Å². The second-order valence-electron chi connectivity index (χ2n) is 6.01. The molecule has 5 nitrogen and oxygen atoms in total. The number of nitrogens with zero attached hydrogens (tertiary/aromatic N) is 1. The van der Waals surface area contributed by atoms with Gasteiger partial charge in [0.15, 0.2) is 0 Å². The predicted octanol–water partition coefficient (Wildman–Crippen LogP) is 4.22. The van der Waals surface area contributed by atoms with Crippen LogP contribution in [0.1, 0.15) is 11.1 Å². The van der Waals surface area contributed by atoms with E-state index in [-0.39, 0.29) is 0 Å². The molecule has 0 saturated carbocycles. The normalized spacial score (nSPS) is 10.6. The SMILES string of the molecule is COc1ccccc1CCNc1cc(C)c2c(OC)ccc(OC)c2n1. The molecule has 3 aromatic rings. The Balaban J connectivity index is 1.84. The van der Waals surface area contributed by atoms with Crippen molar-refractivity contribution in [2.45, 2.75) is 13.3 Å². The van der Waals surface area contributed by atoms with E-state index in [1.165, 1.54) is 5.56 Å². The van der Waals surface area contributed by atoms with Gasteiger partial charge in [-0.1, -0.05) is 18.2 Å². The molecule has 0 bridgehead atoms. The molecule has 0 radical (unpaired) electrons. The average Bonchev–Trinajstić information content (AvgIpc) is 2.67. The fraction of sp³-hybridized carbons (Fsp3) is 0.286. The van der Waals surface area contributed by atoms with Crippen molar-refractivity contribution in [3.63, 3.8) is 0 Å². The van der Waals surface area contributed by atoms with Gasteiger partial charge in [0, 0.05) is 11.9 Å². The third kappa shape index (κ3) is 3.52. The molecule has 1 heterocycles. The molecule has 26 heavy (non-hydrogen) atoms. The lowest BCUT2D eigenvalue weighted by molar-refractivity contribution is 0.409. The predicted molar refractivity (Wildman–Crippen MR) is 105 cm³/mol. The molecule has 0 fully saturated rings.